The second kappa shape index (κ2) is 11.8. The molecule has 33 heavy (non-hydrogen) atoms. The van der Waals surface area contributed by atoms with Crippen LogP contribution in [0.5, 0.6) is 5.75 Å². The van der Waals surface area contributed by atoms with E-state index in [1.807, 2.05) is 6.92 Å². The van der Waals surface area contributed by atoms with E-state index in [9.17, 15) is 24.5 Å². The van der Waals surface area contributed by atoms with Gasteiger partial charge in [0.2, 0.25) is 0 Å². The number of esters is 1. The summed E-state index contributed by atoms with van der Waals surface area (Å²) >= 11 is 5.74. The molecule has 0 aliphatic rings. The highest BCUT2D eigenvalue weighted by atomic mass is 35.5. The molecular formula is C22H24ClN3O7. The van der Waals surface area contributed by atoms with Crippen molar-refractivity contribution in [3.05, 3.63) is 63.2 Å². The fourth-order valence-corrected chi connectivity index (χ4v) is 2.93. The molecule has 0 heterocycles. The molecule has 0 spiro atoms. The van der Waals surface area contributed by atoms with Gasteiger partial charge in [-0.3, -0.25) is 19.7 Å². The molecule has 2 N–H and O–H groups in total. The average molecular weight is 478 g/mol. The lowest BCUT2D eigenvalue weighted by molar-refractivity contribution is -0.383. The van der Waals surface area contributed by atoms with Gasteiger partial charge in [-0.05, 0) is 49.2 Å². The molecular weight excluding hydrogens is 454 g/mol. The molecule has 0 saturated heterocycles. The molecule has 2 aromatic carbocycles. The minimum Gasteiger partial charge on any atom is -0.494 e. The number of carbonyl (C=O) groups excluding carboxylic acids is 3. The van der Waals surface area contributed by atoms with E-state index in [2.05, 4.69) is 10.6 Å². The van der Waals surface area contributed by atoms with Crippen molar-refractivity contribution in [1.82, 2.24) is 5.32 Å². The van der Waals surface area contributed by atoms with Crippen LogP contribution in [0, 0.1) is 16.0 Å². The number of hydrogen-bond donors (Lipinski definition) is 2. The third-order valence-electron chi connectivity index (χ3n) is 4.41. The van der Waals surface area contributed by atoms with Gasteiger partial charge in [-0.15, -0.1) is 0 Å². The van der Waals surface area contributed by atoms with Crippen LogP contribution >= 0.6 is 11.6 Å². The number of hydrogen-bond acceptors (Lipinski definition) is 7. The zero-order valence-electron chi connectivity index (χ0n) is 18.3. The highest BCUT2D eigenvalue weighted by Crippen LogP contribution is 2.27. The Morgan fingerprint density at radius 2 is 1.79 bits per heavy atom. The van der Waals surface area contributed by atoms with Crippen molar-refractivity contribution in [3.8, 4) is 5.75 Å². The fraction of sp³-hybridized carbons (Fsp3) is 0.318. The van der Waals surface area contributed by atoms with E-state index in [-0.39, 0.29) is 16.6 Å². The van der Waals surface area contributed by atoms with E-state index in [0.29, 0.717) is 17.9 Å². The van der Waals surface area contributed by atoms with Crippen LogP contribution in [-0.4, -0.2) is 42.0 Å². The number of nitro benzene ring substituents is 1. The van der Waals surface area contributed by atoms with E-state index in [4.69, 9.17) is 21.1 Å². The Hall–Kier alpha value is -3.66. The maximum absolute atomic E-state index is 12.5. The molecule has 10 nitrogen and oxygen atoms in total. The predicted octanol–water partition coefficient (Wildman–Crippen LogP) is 3.58. The SMILES string of the molecule is CCOc1ccc(C(=O)N[C@H](C(=O)OCC(=O)Nc2ccc(Cl)cc2[N+](=O)[O-])C(C)C)cc1. The monoisotopic (exact) mass is 477 g/mol. The maximum atomic E-state index is 12.5. The minimum atomic E-state index is -1.01. The van der Waals surface area contributed by atoms with Gasteiger partial charge in [0, 0.05) is 16.7 Å². The predicted molar refractivity (Wildman–Crippen MR) is 121 cm³/mol. The van der Waals surface area contributed by atoms with Gasteiger partial charge in [-0.2, -0.15) is 0 Å². The van der Waals surface area contributed by atoms with Gasteiger partial charge in [-0.25, -0.2) is 4.79 Å². The summed E-state index contributed by atoms with van der Waals surface area (Å²) in [5, 5.41) is 16.2. The van der Waals surface area contributed by atoms with Crippen molar-refractivity contribution in [2.75, 3.05) is 18.5 Å². The summed E-state index contributed by atoms with van der Waals surface area (Å²) < 4.78 is 10.4. The van der Waals surface area contributed by atoms with Gasteiger partial charge in [0.1, 0.15) is 17.5 Å². The summed E-state index contributed by atoms with van der Waals surface area (Å²) in [4.78, 5) is 47.6. The number of anilines is 1. The molecule has 1 atom stereocenters. The topological polar surface area (TPSA) is 137 Å². The molecule has 2 rings (SSSR count). The summed E-state index contributed by atoms with van der Waals surface area (Å²) in [7, 11) is 0. The molecule has 0 aliphatic heterocycles. The number of ether oxygens (including phenoxy) is 2. The number of nitrogens with one attached hydrogen (secondary N) is 2. The molecule has 0 fully saturated rings. The number of nitrogens with zero attached hydrogens (tertiary/aromatic N) is 1. The summed E-state index contributed by atoms with van der Waals surface area (Å²) in [6.45, 7) is 5.06. The number of nitro groups is 1. The van der Waals surface area contributed by atoms with E-state index < -0.39 is 41.0 Å². The van der Waals surface area contributed by atoms with Crippen molar-refractivity contribution in [3.63, 3.8) is 0 Å². The zero-order chi connectivity index (χ0) is 24.5. The second-order valence-corrected chi connectivity index (χ2v) is 7.66. The van der Waals surface area contributed by atoms with Gasteiger partial charge in [0.15, 0.2) is 6.61 Å². The van der Waals surface area contributed by atoms with Crippen LogP contribution in [0.1, 0.15) is 31.1 Å². The lowest BCUT2D eigenvalue weighted by atomic mass is 10.0. The molecule has 0 radical (unpaired) electrons. The number of amides is 2. The van der Waals surface area contributed by atoms with Crippen LogP contribution < -0.4 is 15.4 Å². The average Bonchev–Trinajstić information content (AvgIpc) is 2.77. The van der Waals surface area contributed by atoms with Gasteiger partial charge in [0.05, 0.1) is 11.5 Å². The third kappa shape index (κ3) is 7.46. The van der Waals surface area contributed by atoms with E-state index >= 15 is 0 Å². The minimum absolute atomic E-state index is 0.0883. The Morgan fingerprint density at radius 3 is 2.36 bits per heavy atom. The summed E-state index contributed by atoms with van der Waals surface area (Å²) in [6, 6.07) is 9.14. The van der Waals surface area contributed by atoms with Crippen LogP contribution in [-0.2, 0) is 14.3 Å². The Bertz CT molecular complexity index is 1030. The van der Waals surface area contributed by atoms with Crippen molar-refractivity contribution in [1.29, 1.82) is 0 Å². The first-order valence-electron chi connectivity index (χ1n) is 10.1. The Balaban J connectivity index is 1.98. The lowest BCUT2D eigenvalue weighted by Gasteiger charge is -2.21. The normalized spacial score (nSPS) is 11.4. The first-order valence-corrected chi connectivity index (χ1v) is 10.4. The molecule has 176 valence electrons. The molecule has 0 bridgehead atoms. The standard InChI is InChI=1S/C22H24ClN3O7/c1-4-32-16-8-5-14(6-9-16)21(28)25-20(13(2)3)22(29)33-12-19(27)24-17-10-7-15(23)11-18(17)26(30)31/h5-11,13,20H,4,12H2,1-3H3,(H,24,27)(H,25,28)/t20-/m0/s1. The van der Waals surface area contributed by atoms with Gasteiger partial charge < -0.3 is 20.1 Å². The molecule has 0 aliphatic carbocycles. The van der Waals surface area contributed by atoms with Crippen LogP contribution in [0.4, 0.5) is 11.4 Å². The van der Waals surface area contributed by atoms with Crippen molar-refractivity contribution >= 4 is 40.8 Å². The quantitative estimate of drug-likeness (QED) is 0.303. The maximum Gasteiger partial charge on any atom is 0.329 e. The molecule has 0 saturated carbocycles. The van der Waals surface area contributed by atoms with E-state index in [1.54, 1.807) is 38.1 Å². The zero-order valence-corrected chi connectivity index (χ0v) is 19.0. The molecule has 2 amide bonds. The first-order chi connectivity index (χ1) is 15.6. The Labute approximate surface area is 195 Å². The molecule has 0 unspecified atom stereocenters. The second-order valence-electron chi connectivity index (χ2n) is 7.23. The van der Waals surface area contributed by atoms with Crippen molar-refractivity contribution < 1.29 is 28.8 Å². The van der Waals surface area contributed by atoms with Gasteiger partial charge in [-0.1, -0.05) is 25.4 Å². The first kappa shape index (κ1) is 25.6. The van der Waals surface area contributed by atoms with E-state index in [0.717, 1.165) is 6.07 Å². The summed E-state index contributed by atoms with van der Waals surface area (Å²) in [6.07, 6.45) is 0. The molecule has 11 heteroatoms. The van der Waals surface area contributed by atoms with Crippen LogP contribution in [0.25, 0.3) is 0 Å². The number of benzene rings is 2. The summed E-state index contributed by atoms with van der Waals surface area (Å²) in [5.41, 5.74) is -0.163. The Morgan fingerprint density at radius 1 is 1.12 bits per heavy atom. The summed E-state index contributed by atoms with van der Waals surface area (Å²) in [5.74, 6) is -1.81. The lowest BCUT2D eigenvalue weighted by Crippen LogP contribution is -2.45. The Kier molecular flexibility index (Phi) is 9.17. The fourth-order valence-electron chi connectivity index (χ4n) is 2.77. The van der Waals surface area contributed by atoms with Gasteiger partial charge >= 0.3 is 5.97 Å². The van der Waals surface area contributed by atoms with Gasteiger partial charge in [0.25, 0.3) is 17.5 Å². The van der Waals surface area contributed by atoms with E-state index in [1.165, 1.54) is 12.1 Å². The highest BCUT2D eigenvalue weighted by molar-refractivity contribution is 6.31. The third-order valence-corrected chi connectivity index (χ3v) is 4.65. The number of carbonyl (C=O) groups is 3. The largest absolute Gasteiger partial charge is 0.494 e. The van der Waals surface area contributed by atoms with Crippen molar-refractivity contribution in [2.45, 2.75) is 26.8 Å². The van der Waals surface area contributed by atoms with Crippen LogP contribution in [0.3, 0.4) is 0 Å². The van der Waals surface area contributed by atoms with Crippen molar-refractivity contribution in [2.24, 2.45) is 5.92 Å². The molecule has 2 aromatic rings. The smallest absolute Gasteiger partial charge is 0.329 e. The molecule has 0 aromatic heterocycles. The highest BCUT2D eigenvalue weighted by Gasteiger charge is 2.27. The van der Waals surface area contributed by atoms with Crippen LogP contribution in [0.15, 0.2) is 42.5 Å². The number of halogens is 1. The van der Waals surface area contributed by atoms with Crippen LogP contribution in [0.2, 0.25) is 5.02 Å². The number of rotatable bonds is 10.